The van der Waals surface area contributed by atoms with E-state index in [-0.39, 0.29) is 23.5 Å². The Morgan fingerprint density at radius 3 is 2.87 bits per heavy atom. The van der Waals surface area contributed by atoms with E-state index in [1.807, 2.05) is 36.4 Å². The van der Waals surface area contributed by atoms with Crippen molar-refractivity contribution in [2.24, 2.45) is 11.8 Å². The third-order valence-electron chi connectivity index (χ3n) is 5.55. The van der Waals surface area contributed by atoms with Crippen LogP contribution in [0.15, 0.2) is 65.2 Å². The van der Waals surface area contributed by atoms with Crippen LogP contribution < -0.4 is 15.4 Å². The maximum atomic E-state index is 12.6. The van der Waals surface area contributed by atoms with Gasteiger partial charge in [-0.15, -0.1) is 0 Å². The quantitative estimate of drug-likeness (QED) is 0.513. The van der Waals surface area contributed by atoms with Gasteiger partial charge in [-0.3, -0.25) is 4.79 Å². The van der Waals surface area contributed by atoms with Crippen molar-refractivity contribution in [1.29, 1.82) is 0 Å². The zero-order chi connectivity index (χ0) is 21.5. The average Bonchev–Trinajstić information content (AvgIpc) is 3.22. The molecule has 3 N–H and O–H groups in total. The van der Waals surface area contributed by atoms with Crippen LogP contribution in [0.1, 0.15) is 24.3 Å². The summed E-state index contributed by atoms with van der Waals surface area (Å²) in [6.45, 7) is 2.07. The molecule has 0 bridgehead atoms. The van der Waals surface area contributed by atoms with Crippen LogP contribution in [0.3, 0.4) is 0 Å². The van der Waals surface area contributed by atoms with Gasteiger partial charge in [0.15, 0.2) is 5.76 Å². The van der Waals surface area contributed by atoms with Crippen molar-refractivity contribution in [3.05, 3.63) is 72.1 Å². The molecular formula is C24H27N3O4. The molecule has 0 radical (unpaired) electrons. The van der Waals surface area contributed by atoms with E-state index >= 15 is 0 Å². The second-order valence-electron chi connectivity index (χ2n) is 7.91. The van der Waals surface area contributed by atoms with Crippen molar-refractivity contribution in [1.82, 2.24) is 10.5 Å². The molecule has 0 saturated carbocycles. The van der Waals surface area contributed by atoms with Gasteiger partial charge in [-0.1, -0.05) is 29.4 Å². The van der Waals surface area contributed by atoms with Crippen molar-refractivity contribution in [3.63, 3.8) is 0 Å². The fourth-order valence-electron chi connectivity index (χ4n) is 3.98. The Bertz CT molecular complexity index is 989. The van der Waals surface area contributed by atoms with Gasteiger partial charge in [0.1, 0.15) is 18.1 Å². The lowest BCUT2D eigenvalue weighted by Gasteiger charge is -2.31. The molecule has 1 aromatic heterocycles. The monoisotopic (exact) mass is 421 g/mol. The Morgan fingerprint density at radius 2 is 2.03 bits per heavy atom. The highest BCUT2D eigenvalue weighted by Gasteiger charge is 2.28. The number of aromatic hydroxyl groups is 1. The van der Waals surface area contributed by atoms with E-state index in [1.165, 1.54) is 0 Å². The number of nitrogens with zero attached hydrogens (tertiary/aromatic N) is 1. The molecule has 1 aliphatic rings. The average molecular weight is 421 g/mol. The Labute approximate surface area is 181 Å². The van der Waals surface area contributed by atoms with Gasteiger partial charge >= 0.3 is 0 Å². The van der Waals surface area contributed by atoms with Gasteiger partial charge in [0.2, 0.25) is 5.91 Å². The van der Waals surface area contributed by atoms with E-state index < -0.39 is 0 Å². The minimum Gasteiger partial charge on any atom is -0.508 e. The Kier molecular flexibility index (Phi) is 6.84. The van der Waals surface area contributed by atoms with Gasteiger partial charge in [0, 0.05) is 24.2 Å². The molecule has 0 spiro atoms. The lowest BCUT2D eigenvalue weighted by Crippen LogP contribution is -2.39. The molecule has 2 atom stereocenters. The Balaban J connectivity index is 1.31. The fraction of sp³-hybridized carbons (Fsp3) is 0.333. The van der Waals surface area contributed by atoms with Crippen LogP contribution in [-0.2, 0) is 17.8 Å². The largest absolute Gasteiger partial charge is 0.508 e. The van der Waals surface area contributed by atoms with Gasteiger partial charge in [0.25, 0.3) is 0 Å². The number of carbonyl (C=O) groups excluding carboxylic acids is 1. The van der Waals surface area contributed by atoms with Crippen molar-refractivity contribution in [2.75, 3.05) is 18.4 Å². The van der Waals surface area contributed by atoms with Crippen LogP contribution in [0.25, 0.3) is 0 Å². The summed E-state index contributed by atoms with van der Waals surface area (Å²) in [5.41, 5.74) is 1.48. The van der Waals surface area contributed by atoms with Crippen LogP contribution >= 0.6 is 0 Å². The molecule has 7 heteroatoms. The molecule has 1 saturated heterocycles. The first-order valence-electron chi connectivity index (χ1n) is 10.6. The predicted octanol–water partition coefficient (Wildman–Crippen LogP) is 3.76. The molecule has 1 fully saturated rings. The van der Waals surface area contributed by atoms with Crippen molar-refractivity contribution < 1.29 is 19.2 Å². The lowest BCUT2D eigenvalue weighted by atomic mass is 9.81. The van der Waals surface area contributed by atoms with E-state index in [0.29, 0.717) is 24.5 Å². The molecule has 0 aliphatic carbocycles. The van der Waals surface area contributed by atoms with Gasteiger partial charge in [-0.05, 0) is 62.0 Å². The summed E-state index contributed by atoms with van der Waals surface area (Å²) in [5, 5.41) is 20.1. The number of carbonyl (C=O) groups is 1. The third-order valence-corrected chi connectivity index (χ3v) is 5.55. The molecule has 2 heterocycles. The number of piperidine rings is 1. The lowest BCUT2D eigenvalue weighted by molar-refractivity contribution is -0.117. The number of hydrogen-bond acceptors (Lipinski definition) is 6. The molecule has 31 heavy (non-hydrogen) atoms. The summed E-state index contributed by atoms with van der Waals surface area (Å²) in [4.78, 5) is 12.6. The van der Waals surface area contributed by atoms with E-state index in [9.17, 15) is 9.90 Å². The topological polar surface area (TPSA) is 96.6 Å². The fourth-order valence-corrected chi connectivity index (χ4v) is 3.98. The SMILES string of the molecule is O=C(C[C@@H]1CCNC[C@@H]1Cc1cc(COc2ccccc2)on1)Nc1cccc(O)c1. The zero-order valence-corrected chi connectivity index (χ0v) is 17.3. The number of ether oxygens (including phenoxy) is 1. The second kappa shape index (κ2) is 10.1. The Hall–Kier alpha value is -3.32. The summed E-state index contributed by atoms with van der Waals surface area (Å²) >= 11 is 0. The van der Waals surface area contributed by atoms with Crippen molar-refractivity contribution in [3.8, 4) is 11.5 Å². The molecule has 7 nitrogen and oxygen atoms in total. The highest BCUT2D eigenvalue weighted by molar-refractivity contribution is 5.91. The van der Waals surface area contributed by atoms with E-state index in [0.717, 1.165) is 37.4 Å². The maximum absolute atomic E-state index is 12.6. The summed E-state index contributed by atoms with van der Waals surface area (Å²) in [6.07, 6.45) is 2.11. The van der Waals surface area contributed by atoms with Gasteiger partial charge in [0.05, 0.1) is 5.69 Å². The number of benzene rings is 2. The molecule has 0 unspecified atom stereocenters. The normalized spacial score (nSPS) is 18.5. The smallest absolute Gasteiger partial charge is 0.224 e. The summed E-state index contributed by atoms with van der Waals surface area (Å²) in [6, 6.07) is 18.1. The van der Waals surface area contributed by atoms with E-state index in [4.69, 9.17) is 9.26 Å². The summed E-state index contributed by atoms with van der Waals surface area (Å²) < 4.78 is 11.2. The molecule has 3 aromatic rings. The molecule has 2 aromatic carbocycles. The van der Waals surface area contributed by atoms with Crippen LogP contribution in [0, 0.1) is 11.8 Å². The van der Waals surface area contributed by atoms with Gasteiger partial charge < -0.3 is 25.0 Å². The van der Waals surface area contributed by atoms with Crippen molar-refractivity contribution in [2.45, 2.75) is 25.9 Å². The summed E-state index contributed by atoms with van der Waals surface area (Å²) in [5.74, 6) is 2.10. The predicted molar refractivity (Wildman–Crippen MR) is 117 cm³/mol. The highest BCUT2D eigenvalue weighted by Crippen LogP contribution is 2.27. The molecule has 1 amide bonds. The molecule has 4 rings (SSSR count). The minimum atomic E-state index is -0.0420. The number of anilines is 1. The van der Waals surface area contributed by atoms with Gasteiger partial charge in [-0.2, -0.15) is 0 Å². The first-order chi connectivity index (χ1) is 15.2. The number of para-hydroxylation sites is 1. The van der Waals surface area contributed by atoms with Gasteiger partial charge in [-0.25, -0.2) is 0 Å². The second-order valence-corrected chi connectivity index (χ2v) is 7.91. The number of nitrogens with one attached hydrogen (secondary N) is 2. The van der Waals surface area contributed by atoms with Crippen LogP contribution in [0.4, 0.5) is 5.69 Å². The molecular weight excluding hydrogens is 394 g/mol. The molecule has 162 valence electrons. The van der Waals surface area contributed by atoms with Crippen molar-refractivity contribution >= 4 is 11.6 Å². The van der Waals surface area contributed by atoms with E-state index in [2.05, 4.69) is 15.8 Å². The van der Waals surface area contributed by atoms with E-state index in [1.54, 1.807) is 24.3 Å². The number of aromatic nitrogens is 1. The third kappa shape index (κ3) is 6.08. The summed E-state index contributed by atoms with van der Waals surface area (Å²) in [7, 11) is 0. The first-order valence-corrected chi connectivity index (χ1v) is 10.6. The Morgan fingerprint density at radius 1 is 1.16 bits per heavy atom. The number of phenols is 1. The van der Waals surface area contributed by atoms with Crippen LogP contribution in [0.2, 0.25) is 0 Å². The maximum Gasteiger partial charge on any atom is 0.224 e. The zero-order valence-electron chi connectivity index (χ0n) is 17.3. The molecule has 1 aliphatic heterocycles. The minimum absolute atomic E-state index is 0.0420. The standard InChI is InChI=1S/C24H27N3O4/c28-21-6-4-5-19(13-21)26-24(29)12-17-9-10-25-15-18(17)11-20-14-23(31-27-20)16-30-22-7-2-1-3-8-22/h1-8,13-14,17-18,25,28H,9-12,15-16H2,(H,26,29)/t17-,18-/m0/s1. The van der Waals surface area contributed by atoms with Crippen LogP contribution in [-0.4, -0.2) is 29.3 Å². The number of amides is 1. The number of phenolic OH excluding ortho intramolecular Hbond substituents is 1. The number of hydrogen-bond donors (Lipinski definition) is 3. The first kappa shape index (κ1) is 20.9. The highest BCUT2D eigenvalue weighted by atomic mass is 16.5. The van der Waals surface area contributed by atoms with Crippen LogP contribution in [0.5, 0.6) is 11.5 Å². The number of rotatable bonds is 8.